The number of hydrogen-bond donors (Lipinski definition) is 0. The Kier molecular flexibility index (Phi) is 6.90. The van der Waals surface area contributed by atoms with Crippen molar-refractivity contribution in [2.45, 2.75) is 0 Å². The average molecular weight is 482 g/mol. The Labute approximate surface area is 156 Å². The van der Waals surface area contributed by atoms with Crippen LogP contribution in [0.4, 0.5) is 0 Å². The summed E-state index contributed by atoms with van der Waals surface area (Å²) in [5.74, 6) is -5.91. The molecule has 132 valence electrons. The zero-order valence-electron chi connectivity index (χ0n) is 12.5. The van der Waals surface area contributed by atoms with Crippen molar-refractivity contribution in [2.24, 2.45) is 0 Å². The molecule has 0 spiro atoms. The van der Waals surface area contributed by atoms with E-state index in [1.165, 1.54) is 0 Å². The van der Waals surface area contributed by atoms with Gasteiger partial charge >= 0.3 is 157 Å². The van der Waals surface area contributed by atoms with E-state index in [-0.39, 0.29) is 0 Å². The molecule has 0 saturated carbocycles. The van der Waals surface area contributed by atoms with Crippen molar-refractivity contribution in [2.75, 3.05) is 0 Å². The van der Waals surface area contributed by atoms with Gasteiger partial charge in [0.15, 0.2) is 0 Å². The Bertz CT molecular complexity index is 649. The molecule has 2 aliphatic heterocycles. The molecule has 0 unspecified atom stereocenters. The van der Waals surface area contributed by atoms with Crippen molar-refractivity contribution in [3.8, 4) is 0 Å². The minimum atomic E-state index is -3.93. The summed E-state index contributed by atoms with van der Waals surface area (Å²) in [6.07, 6.45) is 4.45. The molecule has 0 saturated heterocycles. The summed E-state index contributed by atoms with van der Waals surface area (Å²) in [4.78, 5) is 67.6. The van der Waals surface area contributed by atoms with Crippen LogP contribution in [0.1, 0.15) is 0 Å². The van der Waals surface area contributed by atoms with E-state index in [0.717, 1.165) is 24.3 Å². The molecule has 2 heterocycles. The van der Waals surface area contributed by atoms with Crippen LogP contribution in [0.2, 0.25) is 0 Å². The SMILES string of the molecule is O=C1C=CC(=O)[O][Ga]([O]C(=O)/C=C\C(=O)[O][Ga]2[O]C(=O)C=CC(=O)[O]2)[O]1. The van der Waals surface area contributed by atoms with Gasteiger partial charge in [-0.2, -0.15) is 0 Å². The third kappa shape index (κ3) is 6.67. The third-order valence-corrected chi connectivity index (χ3v) is 7.69. The quantitative estimate of drug-likeness (QED) is 0.319. The van der Waals surface area contributed by atoms with Crippen LogP contribution in [0.3, 0.4) is 0 Å². The van der Waals surface area contributed by atoms with E-state index in [1.54, 1.807) is 0 Å². The van der Waals surface area contributed by atoms with Crippen molar-refractivity contribution in [3.63, 3.8) is 0 Å². The van der Waals surface area contributed by atoms with E-state index >= 15 is 0 Å². The van der Waals surface area contributed by atoms with Crippen molar-refractivity contribution in [1.82, 2.24) is 0 Å². The first-order chi connectivity index (χ1) is 12.3. The van der Waals surface area contributed by atoms with Gasteiger partial charge in [0.05, 0.1) is 0 Å². The normalized spacial score (nSPS) is 16.9. The van der Waals surface area contributed by atoms with Gasteiger partial charge in [-0.1, -0.05) is 0 Å². The molecule has 26 heavy (non-hydrogen) atoms. The molecule has 0 amide bonds. The van der Waals surface area contributed by atoms with Crippen molar-refractivity contribution < 1.29 is 49.9 Å². The fourth-order valence-corrected chi connectivity index (χ4v) is 5.34. The summed E-state index contributed by atoms with van der Waals surface area (Å²) in [5, 5.41) is 0. The van der Waals surface area contributed by atoms with Crippen LogP contribution in [0.25, 0.3) is 0 Å². The van der Waals surface area contributed by atoms with E-state index in [1.807, 2.05) is 0 Å². The van der Waals surface area contributed by atoms with Gasteiger partial charge in [-0.3, -0.25) is 0 Å². The molecule has 0 aromatic heterocycles. The third-order valence-electron chi connectivity index (χ3n) is 2.34. The molecule has 0 aromatic carbocycles. The van der Waals surface area contributed by atoms with Crippen LogP contribution >= 0.6 is 0 Å². The van der Waals surface area contributed by atoms with Gasteiger partial charge in [0, 0.05) is 0 Å². The first-order valence-electron chi connectivity index (χ1n) is 6.60. The predicted octanol–water partition coefficient (Wildman–Crippen LogP) is -2.09. The topological polar surface area (TPSA) is 158 Å². The molecule has 2 rings (SSSR count). The fraction of sp³-hybridized carbons (Fsp3) is 0. The van der Waals surface area contributed by atoms with Crippen LogP contribution in [-0.2, 0) is 49.9 Å². The Balaban J connectivity index is 1.84. The van der Waals surface area contributed by atoms with Crippen LogP contribution in [0.5, 0.6) is 0 Å². The van der Waals surface area contributed by atoms with Gasteiger partial charge in [-0.15, -0.1) is 0 Å². The summed E-state index contributed by atoms with van der Waals surface area (Å²) in [7, 11) is 0. The number of carbonyl (C=O) groups excluding carboxylic acids is 6. The van der Waals surface area contributed by atoms with Gasteiger partial charge < -0.3 is 0 Å². The first-order valence-corrected chi connectivity index (χ1v) is 12.5. The molecule has 0 radical (unpaired) electrons. The Morgan fingerprint density at radius 2 is 0.923 bits per heavy atom. The summed E-state index contributed by atoms with van der Waals surface area (Å²) in [5.41, 5.74) is 0. The first kappa shape index (κ1) is 19.6. The molecule has 0 aliphatic carbocycles. The Morgan fingerprint density at radius 3 is 1.19 bits per heavy atom. The van der Waals surface area contributed by atoms with E-state index in [2.05, 4.69) is 21.2 Å². The molecular weight excluding hydrogens is 476 g/mol. The van der Waals surface area contributed by atoms with Gasteiger partial charge in [0.25, 0.3) is 0 Å². The second-order valence-electron chi connectivity index (χ2n) is 4.20. The van der Waals surface area contributed by atoms with Crippen LogP contribution in [0, 0.1) is 0 Å². The van der Waals surface area contributed by atoms with Crippen molar-refractivity contribution in [1.29, 1.82) is 0 Å². The zero-order valence-corrected chi connectivity index (χ0v) is 17.4. The summed E-state index contributed by atoms with van der Waals surface area (Å²) >= 11 is -7.87. The maximum absolute atomic E-state index is 11.6. The van der Waals surface area contributed by atoms with Crippen LogP contribution in [0.15, 0.2) is 36.5 Å². The van der Waals surface area contributed by atoms with E-state index < -0.39 is 70.4 Å². The second-order valence-corrected chi connectivity index (χ2v) is 9.59. The van der Waals surface area contributed by atoms with E-state index in [0.29, 0.717) is 12.2 Å². The van der Waals surface area contributed by atoms with Crippen LogP contribution in [-0.4, -0.2) is 70.4 Å². The standard InChI is InChI=1S/3C4H4O4.2Ga/c3*5-3(6)1-2-4(7)8;;/h3*1-2H,(H,5,6)(H,7,8);;/q;;;2*+3/p-6/b2-1-;;;;. The molecule has 0 fully saturated rings. The number of hydrogen-bond acceptors (Lipinski definition) is 12. The van der Waals surface area contributed by atoms with Crippen molar-refractivity contribution >= 4 is 70.4 Å². The second kappa shape index (κ2) is 9.13. The molecule has 0 atom stereocenters. The van der Waals surface area contributed by atoms with Gasteiger partial charge in [0.2, 0.25) is 0 Å². The van der Waals surface area contributed by atoms with Gasteiger partial charge in [-0.05, 0) is 0 Å². The molecule has 14 heteroatoms. The Morgan fingerprint density at radius 1 is 0.654 bits per heavy atom. The Hall–Kier alpha value is -2.69. The molecule has 12 nitrogen and oxygen atoms in total. The molecule has 0 N–H and O–H groups in total. The van der Waals surface area contributed by atoms with E-state index in [9.17, 15) is 28.8 Å². The van der Waals surface area contributed by atoms with Crippen LogP contribution < -0.4 is 0 Å². The summed E-state index contributed by atoms with van der Waals surface area (Å²) in [6, 6.07) is 0. The predicted molar refractivity (Wildman–Crippen MR) is 75.5 cm³/mol. The molecular formula is C12H6Ga2O12. The molecule has 0 bridgehead atoms. The van der Waals surface area contributed by atoms with E-state index in [4.69, 9.17) is 0 Å². The zero-order chi connectivity index (χ0) is 19.1. The maximum atomic E-state index is 11.6. The van der Waals surface area contributed by atoms with Crippen molar-refractivity contribution in [3.05, 3.63) is 36.5 Å². The summed E-state index contributed by atoms with van der Waals surface area (Å²) in [6.45, 7) is 0. The average Bonchev–Trinajstić information content (AvgIpc) is 2.81. The van der Waals surface area contributed by atoms with Gasteiger partial charge in [-0.25, -0.2) is 0 Å². The molecule has 0 aromatic rings. The number of rotatable bonds is 4. The molecule has 2 aliphatic rings. The minimum absolute atomic E-state index is 0.606. The fourth-order valence-electron chi connectivity index (χ4n) is 1.36. The number of carbonyl (C=O) groups is 6. The monoisotopic (exact) mass is 480 g/mol. The summed E-state index contributed by atoms with van der Waals surface area (Å²) < 4.78 is 27.9. The van der Waals surface area contributed by atoms with Gasteiger partial charge in [0.1, 0.15) is 0 Å².